The zero-order chi connectivity index (χ0) is 14.4. The Morgan fingerprint density at radius 3 is 2.62 bits per heavy atom. The number of nitrogen functional groups attached to an aromatic ring is 1. The van der Waals surface area contributed by atoms with Gasteiger partial charge in [-0.15, -0.1) is 11.3 Å². The van der Waals surface area contributed by atoms with E-state index in [-0.39, 0.29) is 0 Å². The number of hydrogen-bond donors (Lipinski definition) is 1. The molecule has 0 unspecified atom stereocenters. The lowest BCUT2D eigenvalue weighted by molar-refractivity contribution is 1.32. The number of aromatic nitrogens is 1. The quantitative estimate of drug-likeness (QED) is 0.535. The molecule has 2 nitrogen and oxygen atoms in total. The van der Waals surface area contributed by atoms with Crippen molar-refractivity contribution in [3.8, 4) is 10.4 Å². The molecule has 4 rings (SSSR count). The van der Waals surface area contributed by atoms with Crippen LogP contribution in [-0.2, 0) is 0 Å². The predicted octanol–water partition coefficient (Wildman–Crippen LogP) is 5.01. The van der Waals surface area contributed by atoms with Crippen LogP contribution in [-0.4, -0.2) is 4.98 Å². The van der Waals surface area contributed by atoms with Gasteiger partial charge in [-0.2, -0.15) is 0 Å². The van der Waals surface area contributed by atoms with Crippen LogP contribution in [0.5, 0.6) is 0 Å². The third kappa shape index (κ3) is 1.98. The second-order valence-electron chi connectivity index (χ2n) is 5.24. The monoisotopic (exact) mass is 290 g/mol. The van der Waals surface area contributed by atoms with Crippen molar-refractivity contribution in [2.24, 2.45) is 0 Å². The highest BCUT2D eigenvalue weighted by molar-refractivity contribution is 7.22. The molecule has 4 aromatic rings. The van der Waals surface area contributed by atoms with E-state index < -0.39 is 0 Å². The first-order chi connectivity index (χ1) is 10.2. The minimum atomic E-state index is 0.610. The van der Waals surface area contributed by atoms with Crippen molar-refractivity contribution in [1.29, 1.82) is 0 Å². The van der Waals surface area contributed by atoms with Crippen LogP contribution >= 0.6 is 11.3 Å². The van der Waals surface area contributed by atoms with Crippen molar-refractivity contribution in [3.05, 3.63) is 60.3 Å². The summed E-state index contributed by atoms with van der Waals surface area (Å²) < 4.78 is 1.23. The van der Waals surface area contributed by atoms with Gasteiger partial charge in [-0.3, -0.25) is 0 Å². The van der Waals surface area contributed by atoms with E-state index in [1.54, 1.807) is 11.3 Å². The zero-order valence-electron chi connectivity index (χ0n) is 11.6. The number of rotatable bonds is 1. The molecule has 0 atom stereocenters. The third-order valence-corrected chi connectivity index (χ3v) is 5.12. The van der Waals surface area contributed by atoms with Gasteiger partial charge < -0.3 is 5.73 Å². The van der Waals surface area contributed by atoms with E-state index >= 15 is 0 Å². The van der Waals surface area contributed by atoms with Gasteiger partial charge in [-0.05, 0) is 41.0 Å². The van der Waals surface area contributed by atoms with Crippen molar-refractivity contribution in [3.63, 3.8) is 0 Å². The number of aryl methyl sites for hydroxylation is 1. The highest BCUT2D eigenvalue weighted by atomic mass is 32.1. The summed E-state index contributed by atoms with van der Waals surface area (Å²) in [5.41, 5.74) is 8.41. The highest BCUT2D eigenvalue weighted by Crippen LogP contribution is 2.37. The molecule has 3 heteroatoms. The zero-order valence-corrected chi connectivity index (χ0v) is 12.4. The van der Waals surface area contributed by atoms with Crippen molar-refractivity contribution >= 4 is 38.0 Å². The Bertz CT molecular complexity index is 930. The second-order valence-corrected chi connectivity index (χ2v) is 6.29. The fourth-order valence-corrected chi connectivity index (χ4v) is 3.78. The van der Waals surface area contributed by atoms with E-state index in [1.165, 1.54) is 31.5 Å². The van der Waals surface area contributed by atoms with Crippen LogP contribution < -0.4 is 5.73 Å². The minimum Gasteiger partial charge on any atom is -0.383 e. The first-order valence-electron chi connectivity index (χ1n) is 6.86. The number of pyridine rings is 1. The summed E-state index contributed by atoms with van der Waals surface area (Å²) in [5, 5.41) is 3.58. The van der Waals surface area contributed by atoms with Crippen molar-refractivity contribution in [2.75, 3.05) is 5.73 Å². The van der Waals surface area contributed by atoms with Crippen LogP contribution in [0.1, 0.15) is 5.56 Å². The molecule has 0 amide bonds. The van der Waals surface area contributed by atoms with E-state index in [2.05, 4.69) is 60.4 Å². The summed E-state index contributed by atoms with van der Waals surface area (Å²) in [7, 11) is 0. The van der Waals surface area contributed by atoms with Gasteiger partial charge in [0.1, 0.15) is 5.82 Å². The number of nitrogens with zero attached hydrogens (tertiary/aromatic N) is 1. The Labute approximate surface area is 126 Å². The molecule has 0 aliphatic heterocycles. The van der Waals surface area contributed by atoms with Gasteiger partial charge in [0.25, 0.3) is 0 Å². The molecule has 0 saturated heterocycles. The van der Waals surface area contributed by atoms with E-state index in [4.69, 9.17) is 5.73 Å². The summed E-state index contributed by atoms with van der Waals surface area (Å²) in [6.07, 6.45) is 1.85. The molecular formula is C18H14N2S. The summed E-state index contributed by atoms with van der Waals surface area (Å²) in [5.74, 6) is 0.610. The number of nitrogens with two attached hydrogens (primary N) is 1. The molecule has 0 radical (unpaired) electrons. The lowest BCUT2D eigenvalue weighted by atomic mass is 10.1. The smallest absolute Gasteiger partial charge is 0.132 e. The summed E-state index contributed by atoms with van der Waals surface area (Å²) in [4.78, 5) is 5.48. The lowest BCUT2D eigenvalue weighted by Gasteiger charge is -2.01. The first kappa shape index (κ1) is 12.4. The van der Waals surface area contributed by atoms with E-state index in [9.17, 15) is 0 Å². The standard InChI is InChI=1S/C18H14N2S/c1-11-10-20-18(19)15-9-16(21-17(11)15)14-7-6-12-4-2-3-5-13(12)8-14/h2-10H,1H3,(H2,19,20). The molecule has 2 aromatic heterocycles. The third-order valence-electron chi connectivity index (χ3n) is 3.80. The molecule has 102 valence electrons. The normalized spacial score (nSPS) is 11.3. The molecule has 0 bridgehead atoms. The fraction of sp³-hybridized carbons (Fsp3) is 0.0556. The minimum absolute atomic E-state index is 0.610. The average Bonchev–Trinajstić information content (AvgIpc) is 2.97. The second kappa shape index (κ2) is 4.57. The summed E-state index contributed by atoms with van der Waals surface area (Å²) in [6.45, 7) is 2.08. The maximum absolute atomic E-state index is 6.00. The van der Waals surface area contributed by atoms with Gasteiger partial charge in [0, 0.05) is 21.2 Å². The molecule has 2 N–H and O–H groups in total. The summed E-state index contributed by atoms with van der Waals surface area (Å²) >= 11 is 1.78. The van der Waals surface area contributed by atoms with Gasteiger partial charge in [0.05, 0.1) is 0 Å². The number of hydrogen-bond acceptors (Lipinski definition) is 3. The van der Waals surface area contributed by atoms with Crippen LogP contribution in [0.25, 0.3) is 31.3 Å². The fourth-order valence-electron chi connectivity index (χ4n) is 2.65. The number of fused-ring (bicyclic) bond motifs is 2. The number of benzene rings is 2. The molecule has 0 spiro atoms. The Balaban J connectivity index is 1.95. The van der Waals surface area contributed by atoms with Crippen LogP contribution in [0.15, 0.2) is 54.7 Å². The molecular weight excluding hydrogens is 276 g/mol. The van der Waals surface area contributed by atoms with Gasteiger partial charge in [-0.1, -0.05) is 36.4 Å². The van der Waals surface area contributed by atoms with Crippen LogP contribution in [0.2, 0.25) is 0 Å². The van der Waals surface area contributed by atoms with E-state index in [0.29, 0.717) is 5.82 Å². The Hall–Kier alpha value is -2.39. The van der Waals surface area contributed by atoms with E-state index in [0.717, 1.165) is 5.39 Å². The highest BCUT2D eigenvalue weighted by Gasteiger charge is 2.10. The Morgan fingerprint density at radius 2 is 1.81 bits per heavy atom. The predicted molar refractivity (Wildman–Crippen MR) is 91.7 cm³/mol. The van der Waals surface area contributed by atoms with Gasteiger partial charge in [0.2, 0.25) is 0 Å². The van der Waals surface area contributed by atoms with Crippen molar-refractivity contribution in [2.45, 2.75) is 6.92 Å². The van der Waals surface area contributed by atoms with Crippen molar-refractivity contribution < 1.29 is 0 Å². The van der Waals surface area contributed by atoms with Crippen LogP contribution in [0.4, 0.5) is 5.82 Å². The molecule has 0 aliphatic rings. The molecule has 2 heterocycles. The maximum atomic E-state index is 6.00. The van der Waals surface area contributed by atoms with Crippen molar-refractivity contribution in [1.82, 2.24) is 4.98 Å². The van der Waals surface area contributed by atoms with Gasteiger partial charge in [-0.25, -0.2) is 4.98 Å². The number of anilines is 1. The largest absolute Gasteiger partial charge is 0.383 e. The molecule has 0 fully saturated rings. The molecule has 0 saturated carbocycles. The molecule has 21 heavy (non-hydrogen) atoms. The summed E-state index contributed by atoms with van der Waals surface area (Å²) in [6, 6.07) is 17.2. The first-order valence-corrected chi connectivity index (χ1v) is 7.68. The van der Waals surface area contributed by atoms with Crippen LogP contribution in [0, 0.1) is 6.92 Å². The Morgan fingerprint density at radius 1 is 1.00 bits per heavy atom. The van der Waals surface area contributed by atoms with Gasteiger partial charge >= 0.3 is 0 Å². The van der Waals surface area contributed by atoms with E-state index in [1.807, 2.05) is 6.20 Å². The Kier molecular flexibility index (Phi) is 2.69. The topological polar surface area (TPSA) is 38.9 Å². The maximum Gasteiger partial charge on any atom is 0.132 e. The van der Waals surface area contributed by atoms with Crippen LogP contribution in [0.3, 0.4) is 0 Å². The average molecular weight is 290 g/mol. The molecule has 2 aromatic carbocycles. The SMILES string of the molecule is Cc1cnc(N)c2cc(-c3ccc4ccccc4c3)sc12. The van der Waals surface area contributed by atoms with Gasteiger partial charge in [0.15, 0.2) is 0 Å². The molecule has 0 aliphatic carbocycles. The number of thiophene rings is 1. The lowest BCUT2D eigenvalue weighted by Crippen LogP contribution is -1.90.